The largest absolute Gasteiger partial charge is 0.451 e. The van der Waals surface area contributed by atoms with E-state index < -0.39 is 0 Å². The predicted molar refractivity (Wildman–Crippen MR) is 95.7 cm³/mol. The Morgan fingerprint density at radius 3 is 2.58 bits per heavy atom. The van der Waals surface area contributed by atoms with Gasteiger partial charge in [0, 0.05) is 48.2 Å². The molecule has 1 saturated heterocycles. The van der Waals surface area contributed by atoms with Crippen molar-refractivity contribution in [3.8, 4) is 0 Å². The Morgan fingerprint density at radius 1 is 1.17 bits per heavy atom. The number of hydrogen-bond acceptors (Lipinski definition) is 3. The van der Waals surface area contributed by atoms with Gasteiger partial charge < -0.3 is 9.32 Å². The van der Waals surface area contributed by atoms with Gasteiger partial charge >= 0.3 is 0 Å². The maximum atomic E-state index is 12.9. The molecule has 24 heavy (non-hydrogen) atoms. The summed E-state index contributed by atoms with van der Waals surface area (Å²) in [6.07, 6.45) is 5.34. The molecule has 2 fully saturated rings. The molecule has 1 amide bonds. The molecule has 2 aliphatic rings. The van der Waals surface area contributed by atoms with Gasteiger partial charge in [0.05, 0.1) is 0 Å². The molecule has 2 aromatic rings. The third kappa shape index (κ3) is 2.82. The highest BCUT2D eigenvalue weighted by molar-refractivity contribution is 6.31. The molecular weight excluding hydrogens is 324 g/mol. The highest BCUT2D eigenvalue weighted by atomic mass is 35.5. The summed E-state index contributed by atoms with van der Waals surface area (Å²) in [7, 11) is 0. The smallest absolute Gasteiger partial charge is 0.289 e. The monoisotopic (exact) mass is 346 g/mol. The van der Waals surface area contributed by atoms with Crippen molar-refractivity contribution in [2.75, 3.05) is 26.2 Å². The second kappa shape index (κ2) is 6.41. The van der Waals surface area contributed by atoms with Crippen LogP contribution in [0.15, 0.2) is 22.6 Å². The minimum absolute atomic E-state index is 0.00546. The van der Waals surface area contributed by atoms with Gasteiger partial charge in [-0.1, -0.05) is 24.4 Å². The number of benzene rings is 1. The second-order valence-corrected chi connectivity index (χ2v) is 7.40. The van der Waals surface area contributed by atoms with Crippen LogP contribution in [-0.2, 0) is 0 Å². The molecule has 1 aliphatic carbocycles. The zero-order valence-corrected chi connectivity index (χ0v) is 14.8. The average Bonchev–Trinajstić information content (AvgIpc) is 3.24. The molecular formula is C19H23ClN2O2. The molecule has 1 aromatic heterocycles. The van der Waals surface area contributed by atoms with Gasteiger partial charge in [0.1, 0.15) is 5.58 Å². The van der Waals surface area contributed by atoms with E-state index in [1.807, 2.05) is 24.0 Å². The van der Waals surface area contributed by atoms with Crippen molar-refractivity contribution in [3.63, 3.8) is 0 Å². The molecule has 4 nitrogen and oxygen atoms in total. The van der Waals surface area contributed by atoms with Gasteiger partial charge in [-0.15, -0.1) is 0 Å². The second-order valence-electron chi connectivity index (χ2n) is 6.96. The number of fused-ring (bicyclic) bond motifs is 1. The Labute approximate surface area is 147 Å². The number of halogens is 1. The first-order chi connectivity index (χ1) is 11.6. The zero-order valence-electron chi connectivity index (χ0n) is 14.1. The summed E-state index contributed by atoms with van der Waals surface area (Å²) >= 11 is 6.06. The first-order valence-corrected chi connectivity index (χ1v) is 9.23. The molecule has 1 saturated carbocycles. The summed E-state index contributed by atoms with van der Waals surface area (Å²) < 4.78 is 5.83. The van der Waals surface area contributed by atoms with E-state index in [-0.39, 0.29) is 5.91 Å². The van der Waals surface area contributed by atoms with Crippen molar-refractivity contribution in [2.24, 2.45) is 0 Å². The van der Waals surface area contributed by atoms with E-state index in [4.69, 9.17) is 16.0 Å². The minimum atomic E-state index is 0.00546. The van der Waals surface area contributed by atoms with Crippen LogP contribution in [0.1, 0.15) is 41.8 Å². The van der Waals surface area contributed by atoms with Crippen molar-refractivity contribution >= 4 is 28.5 Å². The summed E-state index contributed by atoms with van der Waals surface area (Å²) in [5.41, 5.74) is 1.61. The van der Waals surface area contributed by atoms with Crippen LogP contribution in [0.4, 0.5) is 0 Å². The van der Waals surface area contributed by atoms with Crippen LogP contribution in [0.2, 0.25) is 5.02 Å². The maximum absolute atomic E-state index is 12.9. The fraction of sp³-hybridized carbons (Fsp3) is 0.526. The summed E-state index contributed by atoms with van der Waals surface area (Å²) in [5, 5.41) is 1.59. The molecule has 2 heterocycles. The summed E-state index contributed by atoms with van der Waals surface area (Å²) in [4.78, 5) is 17.4. The highest BCUT2D eigenvalue weighted by Gasteiger charge is 2.30. The Bertz CT molecular complexity index is 756. The number of carbonyl (C=O) groups excluding carboxylic acids is 1. The summed E-state index contributed by atoms with van der Waals surface area (Å²) in [6.45, 7) is 5.45. The van der Waals surface area contributed by atoms with E-state index in [0.29, 0.717) is 10.8 Å². The van der Waals surface area contributed by atoms with E-state index in [1.54, 1.807) is 6.07 Å². The van der Waals surface area contributed by atoms with Gasteiger partial charge in [-0.25, -0.2) is 0 Å². The minimum Gasteiger partial charge on any atom is -0.451 e. The molecule has 0 spiro atoms. The summed E-state index contributed by atoms with van der Waals surface area (Å²) in [6, 6.07) is 6.23. The Balaban J connectivity index is 1.49. The highest BCUT2D eigenvalue weighted by Crippen LogP contribution is 2.29. The topological polar surface area (TPSA) is 36.7 Å². The number of rotatable bonds is 2. The average molecular weight is 347 g/mol. The van der Waals surface area contributed by atoms with Crippen LogP contribution in [0.3, 0.4) is 0 Å². The lowest BCUT2D eigenvalue weighted by Gasteiger charge is -2.37. The molecule has 0 unspecified atom stereocenters. The van der Waals surface area contributed by atoms with E-state index in [1.165, 1.54) is 25.7 Å². The molecule has 0 bridgehead atoms. The van der Waals surface area contributed by atoms with E-state index in [0.717, 1.165) is 48.8 Å². The predicted octanol–water partition coefficient (Wildman–Crippen LogP) is 4.10. The van der Waals surface area contributed by atoms with E-state index in [2.05, 4.69) is 4.90 Å². The van der Waals surface area contributed by atoms with Crippen LogP contribution in [0, 0.1) is 6.92 Å². The van der Waals surface area contributed by atoms with Gasteiger partial charge in [-0.2, -0.15) is 0 Å². The molecule has 1 aliphatic heterocycles. The van der Waals surface area contributed by atoms with E-state index >= 15 is 0 Å². The maximum Gasteiger partial charge on any atom is 0.289 e. The fourth-order valence-electron chi connectivity index (χ4n) is 4.10. The number of hydrogen-bond donors (Lipinski definition) is 0. The summed E-state index contributed by atoms with van der Waals surface area (Å²) in [5.74, 6) is 0.465. The molecule has 0 radical (unpaired) electrons. The zero-order chi connectivity index (χ0) is 16.7. The SMILES string of the molecule is Cc1c(C(=O)N2CCN(C3CCCC3)CC2)oc2ccc(Cl)cc12. The molecule has 0 atom stereocenters. The van der Waals surface area contributed by atoms with E-state index in [9.17, 15) is 4.79 Å². The van der Waals surface area contributed by atoms with Gasteiger partial charge in [-0.3, -0.25) is 9.69 Å². The number of carbonyl (C=O) groups is 1. The van der Waals surface area contributed by atoms with Crippen LogP contribution < -0.4 is 0 Å². The van der Waals surface area contributed by atoms with Crippen molar-refractivity contribution in [1.29, 1.82) is 0 Å². The number of aryl methyl sites for hydroxylation is 1. The molecule has 4 rings (SSSR count). The molecule has 5 heteroatoms. The van der Waals surface area contributed by atoms with Gasteiger partial charge in [0.2, 0.25) is 0 Å². The molecule has 128 valence electrons. The Hall–Kier alpha value is -1.52. The fourth-order valence-corrected chi connectivity index (χ4v) is 4.27. The van der Waals surface area contributed by atoms with Crippen LogP contribution in [-0.4, -0.2) is 47.9 Å². The van der Waals surface area contributed by atoms with Crippen LogP contribution in [0.5, 0.6) is 0 Å². The lowest BCUT2D eigenvalue weighted by molar-refractivity contribution is 0.0546. The third-order valence-corrected chi connectivity index (χ3v) is 5.77. The Morgan fingerprint density at radius 2 is 1.88 bits per heavy atom. The van der Waals surface area contributed by atoms with Crippen molar-refractivity contribution in [3.05, 3.63) is 34.5 Å². The number of furan rings is 1. The third-order valence-electron chi connectivity index (χ3n) is 5.54. The first kappa shape index (κ1) is 16.0. The van der Waals surface area contributed by atoms with Crippen molar-refractivity contribution in [2.45, 2.75) is 38.6 Å². The van der Waals surface area contributed by atoms with Crippen LogP contribution >= 0.6 is 11.6 Å². The standard InChI is InChI=1S/C19H23ClN2O2/c1-13-16-12-14(20)6-7-17(16)24-18(13)19(23)22-10-8-21(9-11-22)15-4-2-3-5-15/h6-7,12,15H,2-5,8-11H2,1H3. The van der Waals surface area contributed by atoms with Gasteiger partial charge in [-0.05, 0) is 38.0 Å². The number of nitrogens with zero attached hydrogens (tertiary/aromatic N) is 2. The number of piperazine rings is 1. The molecule has 0 N–H and O–H groups in total. The number of amides is 1. The van der Waals surface area contributed by atoms with Crippen molar-refractivity contribution < 1.29 is 9.21 Å². The van der Waals surface area contributed by atoms with Gasteiger partial charge in [0.15, 0.2) is 5.76 Å². The lowest BCUT2D eigenvalue weighted by Crippen LogP contribution is -2.51. The Kier molecular flexibility index (Phi) is 4.27. The molecule has 1 aromatic carbocycles. The van der Waals surface area contributed by atoms with Crippen molar-refractivity contribution in [1.82, 2.24) is 9.80 Å². The lowest BCUT2D eigenvalue weighted by atomic mass is 10.1. The quantitative estimate of drug-likeness (QED) is 0.821. The van der Waals surface area contributed by atoms with Crippen LogP contribution in [0.25, 0.3) is 11.0 Å². The normalized spacial score (nSPS) is 20.2. The van der Waals surface area contributed by atoms with Gasteiger partial charge in [0.25, 0.3) is 5.91 Å². The first-order valence-electron chi connectivity index (χ1n) is 8.85.